The highest BCUT2D eigenvalue weighted by atomic mass is 16.6. The van der Waals surface area contributed by atoms with Gasteiger partial charge in [0.1, 0.15) is 11.2 Å². The molecule has 0 bridgehead atoms. The van der Waals surface area contributed by atoms with Crippen LogP contribution in [0.25, 0.3) is 0 Å². The number of anilines is 2. The van der Waals surface area contributed by atoms with E-state index in [1.54, 1.807) is 41.5 Å². The summed E-state index contributed by atoms with van der Waals surface area (Å²) < 4.78 is 10.4. The van der Waals surface area contributed by atoms with Crippen LogP contribution in [0.1, 0.15) is 47.1 Å². The zero-order valence-electron chi connectivity index (χ0n) is 18.3. The van der Waals surface area contributed by atoms with Crippen LogP contribution in [0, 0.1) is 6.92 Å². The predicted molar refractivity (Wildman–Crippen MR) is 115 cm³/mol. The van der Waals surface area contributed by atoms with Gasteiger partial charge >= 0.3 is 12.2 Å². The standard InChI is InChI=1S/C20H33N5O4/c1-13-12-14(21)8-9-15(13)22-10-11-23-16(24-17(26)28-19(2,3)4)25-18(27)29-20(5,6)7/h8-9,12,22H,10-11,21H2,1-7H3,(H2,23,24,25,26,27). The number of carbonyl (C=O) groups excluding carboxylic acids is 2. The molecule has 0 saturated carbocycles. The monoisotopic (exact) mass is 407 g/mol. The average Bonchev–Trinajstić information content (AvgIpc) is 2.49. The Bertz CT molecular complexity index is 748. The van der Waals surface area contributed by atoms with E-state index in [9.17, 15) is 9.59 Å². The molecule has 1 aromatic carbocycles. The second kappa shape index (κ2) is 9.99. The molecule has 0 heterocycles. The lowest BCUT2D eigenvalue weighted by Crippen LogP contribution is -2.45. The van der Waals surface area contributed by atoms with Crippen molar-refractivity contribution in [2.24, 2.45) is 4.99 Å². The number of rotatable bonds is 4. The van der Waals surface area contributed by atoms with Crippen molar-refractivity contribution < 1.29 is 19.1 Å². The quantitative estimate of drug-likeness (QED) is 0.261. The molecule has 0 aliphatic carbocycles. The molecule has 29 heavy (non-hydrogen) atoms. The third-order valence-corrected chi connectivity index (χ3v) is 3.20. The third kappa shape index (κ3) is 10.8. The first-order chi connectivity index (χ1) is 13.2. The Morgan fingerprint density at radius 1 is 1.03 bits per heavy atom. The molecule has 1 rings (SSSR count). The molecule has 162 valence electrons. The molecule has 9 heteroatoms. The number of alkyl carbamates (subject to hydrolysis) is 1. The van der Waals surface area contributed by atoms with Crippen molar-refractivity contribution in [3.8, 4) is 0 Å². The molecule has 0 spiro atoms. The van der Waals surface area contributed by atoms with Crippen LogP contribution in [0.15, 0.2) is 23.2 Å². The van der Waals surface area contributed by atoms with E-state index in [-0.39, 0.29) is 5.96 Å². The van der Waals surface area contributed by atoms with Crippen molar-refractivity contribution >= 4 is 29.5 Å². The van der Waals surface area contributed by atoms with Gasteiger partial charge in [-0.2, -0.15) is 0 Å². The average molecular weight is 408 g/mol. The number of hydrogen-bond donors (Lipinski definition) is 4. The van der Waals surface area contributed by atoms with Crippen LogP contribution < -0.4 is 21.7 Å². The molecule has 0 radical (unpaired) electrons. The zero-order valence-corrected chi connectivity index (χ0v) is 18.3. The lowest BCUT2D eigenvalue weighted by atomic mass is 10.2. The van der Waals surface area contributed by atoms with Gasteiger partial charge in [0.2, 0.25) is 5.96 Å². The highest BCUT2D eigenvalue weighted by molar-refractivity contribution is 5.98. The number of aliphatic imine (C=N–C) groups is 1. The molecule has 2 amide bonds. The van der Waals surface area contributed by atoms with Gasteiger partial charge in [0.15, 0.2) is 0 Å². The fourth-order valence-corrected chi connectivity index (χ4v) is 2.15. The normalized spacial score (nSPS) is 12.2. The number of amides is 2. The molecule has 0 fully saturated rings. The molecular formula is C20H33N5O4. The molecule has 5 N–H and O–H groups in total. The second-order valence-electron chi connectivity index (χ2n) is 8.50. The van der Waals surface area contributed by atoms with E-state index in [1.807, 2.05) is 25.1 Å². The van der Waals surface area contributed by atoms with Crippen molar-refractivity contribution in [1.29, 1.82) is 0 Å². The van der Waals surface area contributed by atoms with Gasteiger partial charge in [0, 0.05) is 24.5 Å². The van der Waals surface area contributed by atoms with Crippen LogP contribution in [0.2, 0.25) is 0 Å². The molecule has 0 aliphatic rings. The van der Waals surface area contributed by atoms with Crippen molar-refractivity contribution in [2.45, 2.75) is 59.7 Å². The third-order valence-electron chi connectivity index (χ3n) is 3.20. The van der Waals surface area contributed by atoms with Gasteiger partial charge < -0.3 is 25.8 Å². The van der Waals surface area contributed by atoms with Gasteiger partial charge in [-0.15, -0.1) is 4.99 Å². The van der Waals surface area contributed by atoms with Gasteiger partial charge in [-0.05, 0) is 72.2 Å². The number of nitrogens with zero attached hydrogens (tertiary/aromatic N) is 1. The predicted octanol–water partition coefficient (Wildman–Crippen LogP) is 3.39. The number of nitrogens with one attached hydrogen (secondary N) is 3. The Kier molecular flexibility index (Phi) is 8.29. The smallest absolute Gasteiger partial charge is 0.437 e. The maximum Gasteiger partial charge on any atom is 0.437 e. The van der Waals surface area contributed by atoms with E-state index in [0.29, 0.717) is 18.8 Å². The largest absolute Gasteiger partial charge is 0.444 e. The molecule has 0 unspecified atom stereocenters. The summed E-state index contributed by atoms with van der Waals surface area (Å²) in [5.74, 6) is -0.0515. The number of benzene rings is 1. The Balaban J connectivity index is 2.72. The first-order valence-electron chi connectivity index (χ1n) is 9.41. The fourth-order valence-electron chi connectivity index (χ4n) is 2.15. The number of ether oxygens (including phenoxy) is 2. The van der Waals surface area contributed by atoms with Gasteiger partial charge in [-0.3, -0.25) is 5.32 Å². The summed E-state index contributed by atoms with van der Waals surface area (Å²) in [6.45, 7) is 13.2. The van der Waals surface area contributed by atoms with Gasteiger partial charge in [-0.1, -0.05) is 0 Å². The molecule has 0 aliphatic heterocycles. The Labute approximate surface area is 172 Å². The molecule has 9 nitrogen and oxygen atoms in total. The number of carbonyl (C=O) groups is 2. The minimum absolute atomic E-state index is 0.0515. The van der Waals surface area contributed by atoms with Crippen LogP contribution in [-0.4, -0.2) is 42.4 Å². The topological polar surface area (TPSA) is 127 Å². The Morgan fingerprint density at radius 2 is 1.66 bits per heavy atom. The number of guanidine groups is 1. The number of aryl methyl sites for hydroxylation is 1. The molecule has 0 aromatic heterocycles. The summed E-state index contributed by atoms with van der Waals surface area (Å²) in [5, 5.41) is 8.59. The van der Waals surface area contributed by atoms with Crippen molar-refractivity contribution in [1.82, 2.24) is 10.6 Å². The van der Waals surface area contributed by atoms with Crippen LogP contribution in [0.4, 0.5) is 21.0 Å². The van der Waals surface area contributed by atoms with E-state index < -0.39 is 23.4 Å². The van der Waals surface area contributed by atoms with E-state index in [1.165, 1.54) is 0 Å². The summed E-state index contributed by atoms with van der Waals surface area (Å²) in [5.41, 5.74) is 7.01. The minimum Gasteiger partial charge on any atom is -0.444 e. The van der Waals surface area contributed by atoms with Crippen molar-refractivity contribution in [3.63, 3.8) is 0 Å². The van der Waals surface area contributed by atoms with Crippen LogP contribution in [0.3, 0.4) is 0 Å². The van der Waals surface area contributed by atoms with Gasteiger partial charge in [-0.25, -0.2) is 9.59 Å². The first kappa shape index (κ1) is 24.1. The Hall–Kier alpha value is -2.97. The van der Waals surface area contributed by atoms with Crippen LogP contribution in [0.5, 0.6) is 0 Å². The minimum atomic E-state index is -0.821. The summed E-state index contributed by atoms with van der Waals surface area (Å²) in [7, 11) is 0. The molecule has 0 saturated heterocycles. The first-order valence-corrected chi connectivity index (χ1v) is 9.41. The van der Waals surface area contributed by atoms with E-state index >= 15 is 0 Å². The SMILES string of the molecule is Cc1cc(N)ccc1NCCN/C(=N/C(=O)OC(C)(C)C)NC(=O)OC(C)(C)C. The highest BCUT2D eigenvalue weighted by Gasteiger charge is 2.20. The summed E-state index contributed by atoms with van der Waals surface area (Å²) in [6, 6.07) is 5.57. The number of hydrogen-bond acceptors (Lipinski definition) is 6. The fraction of sp³-hybridized carbons (Fsp3) is 0.550. The maximum absolute atomic E-state index is 12.0. The van der Waals surface area contributed by atoms with Gasteiger partial charge in [0.25, 0.3) is 0 Å². The summed E-state index contributed by atoms with van der Waals surface area (Å²) in [6.07, 6.45) is -1.55. The highest BCUT2D eigenvalue weighted by Crippen LogP contribution is 2.17. The van der Waals surface area contributed by atoms with Crippen molar-refractivity contribution in [2.75, 3.05) is 24.1 Å². The van der Waals surface area contributed by atoms with Crippen LogP contribution >= 0.6 is 0 Å². The molecule has 0 atom stereocenters. The lowest BCUT2D eigenvalue weighted by molar-refractivity contribution is 0.0560. The Morgan fingerprint density at radius 3 is 2.21 bits per heavy atom. The summed E-state index contributed by atoms with van der Waals surface area (Å²) in [4.78, 5) is 27.8. The lowest BCUT2D eigenvalue weighted by Gasteiger charge is -2.21. The maximum atomic E-state index is 12.0. The number of nitrogens with two attached hydrogens (primary N) is 1. The zero-order chi connectivity index (χ0) is 22.2. The van der Waals surface area contributed by atoms with Gasteiger partial charge in [0.05, 0.1) is 0 Å². The van der Waals surface area contributed by atoms with E-state index in [2.05, 4.69) is 20.9 Å². The molecule has 1 aromatic rings. The van der Waals surface area contributed by atoms with E-state index in [0.717, 1.165) is 11.3 Å². The van der Waals surface area contributed by atoms with Crippen LogP contribution in [-0.2, 0) is 9.47 Å². The second-order valence-corrected chi connectivity index (χ2v) is 8.50. The molecular weight excluding hydrogens is 374 g/mol. The number of nitrogen functional groups attached to an aromatic ring is 1. The van der Waals surface area contributed by atoms with Crippen molar-refractivity contribution in [3.05, 3.63) is 23.8 Å². The van der Waals surface area contributed by atoms with E-state index in [4.69, 9.17) is 15.2 Å². The summed E-state index contributed by atoms with van der Waals surface area (Å²) >= 11 is 0.